The van der Waals surface area contributed by atoms with Gasteiger partial charge in [0.2, 0.25) is 5.91 Å². The summed E-state index contributed by atoms with van der Waals surface area (Å²) >= 11 is 0. The zero-order valence-electron chi connectivity index (χ0n) is 15.6. The average Bonchev–Trinajstić information content (AvgIpc) is 2.70. The number of likely N-dealkylation sites (tertiary alicyclic amines) is 1. The molecule has 5 N–H and O–H groups in total. The number of anilines is 2. The third kappa shape index (κ3) is 4.11. The van der Waals surface area contributed by atoms with Crippen LogP contribution in [0.25, 0.3) is 0 Å². The third-order valence-corrected chi connectivity index (χ3v) is 5.00. The van der Waals surface area contributed by atoms with Gasteiger partial charge in [-0.05, 0) is 37.0 Å². The highest BCUT2D eigenvalue weighted by Crippen LogP contribution is 2.33. The third-order valence-electron chi connectivity index (χ3n) is 5.00. The molecule has 1 fully saturated rings. The van der Waals surface area contributed by atoms with Crippen LogP contribution in [0.4, 0.5) is 11.5 Å². The fourth-order valence-electron chi connectivity index (χ4n) is 3.42. The molecule has 28 heavy (non-hydrogen) atoms. The maximum Gasteiger partial charge on any atom is 0.313 e. The van der Waals surface area contributed by atoms with Crippen LogP contribution in [0.2, 0.25) is 0 Å². The quantitative estimate of drug-likeness (QED) is 0.691. The van der Waals surface area contributed by atoms with Gasteiger partial charge in [-0.2, -0.15) is 0 Å². The van der Waals surface area contributed by atoms with Crippen LogP contribution < -0.4 is 16.8 Å². The van der Waals surface area contributed by atoms with Crippen molar-refractivity contribution in [1.82, 2.24) is 9.88 Å². The summed E-state index contributed by atoms with van der Waals surface area (Å²) in [6.07, 6.45) is 2.52. The largest absolute Gasteiger partial charge is 0.383 e. The van der Waals surface area contributed by atoms with E-state index in [2.05, 4.69) is 10.3 Å². The van der Waals surface area contributed by atoms with Crippen LogP contribution in [-0.4, -0.2) is 34.2 Å². The molecule has 2 heterocycles. The summed E-state index contributed by atoms with van der Waals surface area (Å²) in [4.78, 5) is 42.6. The van der Waals surface area contributed by atoms with Gasteiger partial charge in [-0.3, -0.25) is 14.4 Å². The molecule has 0 bridgehead atoms. The summed E-state index contributed by atoms with van der Waals surface area (Å²) < 4.78 is 0. The van der Waals surface area contributed by atoms with Crippen molar-refractivity contribution in [2.75, 3.05) is 17.6 Å². The van der Waals surface area contributed by atoms with E-state index in [0.717, 1.165) is 5.56 Å². The lowest BCUT2D eigenvalue weighted by Crippen LogP contribution is -2.49. The van der Waals surface area contributed by atoms with Gasteiger partial charge in [-0.15, -0.1) is 0 Å². The number of nitrogen functional groups attached to an aromatic ring is 1. The Bertz CT molecular complexity index is 900. The minimum absolute atomic E-state index is 0.111. The van der Waals surface area contributed by atoms with Crippen molar-refractivity contribution < 1.29 is 14.4 Å². The summed E-state index contributed by atoms with van der Waals surface area (Å²) in [7, 11) is 0. The fraction of sp³-hybridized carbons (Fsp3) is 0.300. The molecule has 1 aromatic heterocycles. The first kappa shape index (κ1) is 19.3. The Kier molecular flexibility index (Phi) is 5.58. The molecular formula is C20H23N5O3. The topological polar surface area (TPSA) is 131 Å². The summed E-state index contributed by atoms with van der Waals surface area (Å²) in [5.74, 6) is -2.10. The Hall–Kier alpha value is -3.42. The van der Waals surface area contributed by atoms with Crippen LogP contribution in [0, 0.1) is 12.8 Å². The van der Waals surface area contributed by atoms with E-state index in [9.17, 15) is 14.4 Å². The predicted octanol–water partition coefficient (Wildman–Crippen LogP) is 1.38. The number of aromatic nitrogens is 1. The van der Waals surface area contributed by atoms with Crippen LogP contribution in [0.5, 0.6) is 0 Å². The van der Waals surface area contributed by atoms with Gasteiger partial charge in [0, 0.05) is 6.54 Å². The minimum atomic E-state index is -0.794. The Labute approximate surface area is 162 Å². The lowest BCUT2D eigenvalue weighted by Gasteiger charge is -2.38. The molecule has 2 atom stereocenters. The number of benzene rings is 1. The van der Waals surface area contributed by atoms with Crippen LogP contribution in [0.1, 0.15) is 30.0 Å². The number of amides is 3. The first-order chi connectivity index (χ1) is 13.4. The molecule has 2 aromatic rings. The van der Waals surface area contributed by atoms with Gasteiger partial charge in [0.25, 0.3) is 0 Å². The van der Waals surface area contributed by atoms with Crippen molar-refractivity contribution in [1.29, 1.82) is 0 Å². The number of hydrogen-bond acceptors (Lipinski definition) is 5. The van der Waals surface area contributed by atoms with E-state index < -0.39 is 23.6 Å². The van der Waals surface area contributed by atoms with Gasteiger partial charge in [-0.25, -0.2) is 4.98 Å². The Morgan fingerprint density at radius 3 is 2.54 bits per heavy atom. The molecule has 8 heteroatoms. The van der Waals surface area contributed by atoms with Crippen molar-refractivity contribution in [2.45, 2.75) is 25.8 Å². The van der Waals surface area contributed by atoms with Gasteiger partial charge in [0.05, 0.1) is 23.8 Å². The molecule has 1 aliphatic heterocycles. The molecule has 2 unspecified atom stereocenters. The van der Waals surface area contributed by atoms with Gasteiger partial charge in [-0.1, -0.05) is 30.3 Å². The number of nitrogens with zero attached hydrogens (tertiary/aromatic N) is 2. The Morgan fingerprint density at radius 2 is 1.89 bits per heavy atom. The zero-order valence-corrected chi connectivity index (χ0v) is 15.6. The predicted molar refractivity (Wildman–Crippen MR) is 105 cm³/mol. The molecule has 3 rings (SSSR count). The molecule has 146 valence electrons. The molecule has 1 aliphatic rings. The number of rotatable bonds is 3. The second kappa shape index (κ2) is 8.08. The van der Waals surface area contributed by atoms with Crippen molar-refractivity contribution in [3.8, 4) is 0 Å². The molecule has 3 amide bonds. The lowest BCUT2D eigenvalue weighted by atomic mass is 9.88. The molecule has 1 saturated heterocycles. The van der Waals surface area contributed by atoms with Gasteiger partial charge in [0.15, 0.2) is 0 Å². The van der Waals surface area contributed by atoms with Gasteiger partial charge in [0.1, 0.15) is 5.82 Å². The number of nitrogens with one attached hydrogen (secondary N) is 1. The van der Waals surface area contributed by atoms with Gasteiger partial charge >= 0.3 is 11.8 Å². The van der Waals surface area contributed by atoms with Crippen LogP contribution in [0.3, 0.4) is 0 Å². The van der Waals surface area contributed by atoms with E-state index in [1.807, 2.05) is 30.3 Å². The van der Waals surface area contributed by atoms with E-state index in [1.54, 1.807) is 13.0 Å². The highest BCUT2D eigenvalue weighted by molar-refractivity contribution is 6.39. The zero-order chi connectivity index (χ0) is 20.3. The van der Waals surface area contributed by atoms with E-state index >= 15 is 0 Å². The summed E-state index contributed by atoms with van der Waals surface area (Å²) in [6.45, 7) is 1.87. The summed E-state index contributed by atoms with van der Waals surface area (Å²) in [6, 6.07) is 10.8. The molecule has 0 aliphatic carbocycles. The van der Waals surface area contributed by atoms with Gasteiger partial charge < -0.3 is 21.7 Å². The average molecular weight is 381 g/mol. The first-order valence-electron chi connectivity index (χ1n) is 9.05. The number of nitrogens with two attached hydrogens (primary N) is 2. The smallest absolute Gasteiger partial charge is 0.313 e. The van der Waals surface area contributed by atoms with E-state index in [4.69, 9.17) is 11.5 Å². The number of carbonyl (C=O) groups is 3. The summed E-state index contributed by atoms with van der Waals surface area (Å²) in [5.41, 5.74) is 13.1. The number of aryl methyl sites for hydroxylation is 1. The van der Waals surface area contributed by atoms with E-state index in [1.165, 1.54) is 11.1 Å². The van der Waals surface area contributed by atoms with Crippen molar-refractivity contribution >= 4 is 29.2 Å². The standard InChI is InChI=1S/C20H23N5O3/c1-12-9-15(10-23-17(12)21)24-19(27)20(28)25-11-14(18(22)26)7-8-16(25)13-5-3-2-4-6-13/h2-6,9-10,14,16H,7-8,11H2,1H3,(H2,21,23)(H2,22,26)(H,24,27). The van der Waals surface area contributed by atoms with Crippen molar-refractivity contribution in [3.63, 3.8) is 0 Å². The second-order valence-corrected chi connectivity index (χ2v) is 6.94. The number of primary amides is 1. The maximum absolute atomic E-state index is 12.9. The monoisotopic (exact) mass is 381 g/mol. The molecule has 1 aromatic carbocycles. The molecule has 8 nitrogen and oxygen atoms in total. The van der Waals surface area contributed by atoms with E-state index in [-0.39, 0.29) is 12.6 Å². The van der Waals surface area contributed by atoms with Crippen LogP contribution >= 0.6 is 0 Å². The van der Waals surface area contributed by atoms with Crippen molar-refractivity contribution in [3.05, 3.63) is 53.7 Å². The van der Waals surface area contributed by atoms with Crippen LogP contribution in [-0.2, 0) is 14.4 Å². The van der Waals surface area contributed by atoms with Crippen LogP contribution in [0.15, 0.2) is 42.6 Å². The number of carbonyl (C=O) groups excluding carboxylic acids is 3. The van der Waals surface area contributed by atoms with Crippen molar-refractivity contribution in [2.24, 2.45) is 11.7 Å². The maximum atomic E-state index is 12.9. The summed E-state index contributed by atoms with van der Waals surface area (Å²) in [5, 5.41) is 2.56. The Balaban J connectivity index is 1.82. The highest BCUT2D eigenvalue weighted by atomic mass is 16.2. The Morgan fingerprint density at radius 1 is 1.18 bits per heavy atom. The lowest BCUT2D eigenvalue weighted by molar-refractivity contribution is -0.147. The molecule has 0 spiro atoms. The highest BCUT2D eigenvalue weighted by Gasteiger charge is 2.37. The minimum Gasteiger partial charge on any atom is -0.383 e. The number of hydrogen-bond donors (Lipinski definition) is 3. The molecular weight excluding hydrogens is 358 g/mol. The second-order valence-electron chi connectivity index (χ2n) is 6.94. The fourth-order valence-corrected chi connectivity index (χ4v) is 3.42. The molecule has 0 saturated carbocycles. The SMILES string of the molecule is Cc1cc(NC(=O)C(=O)N2CC(C(N)=O)CCC2c2ccccc2)cnc1N. The van der Waals surface area contributed by atoms with E-state index in [0.29, 0.717) is 29.9 Å². The number of pyridine rings is 1. The first-order valence-corrected chi connectivity index (χ1v) is 9.05. The molecule has 0 radical (unpaired) electrons. The number of piperidine rings is 1. The normalized spacial score (nSPS) is 19.1.